The number of hydrogen-bond acceptors (Lipinski definition) is 2. The maximum atomic E-state index is 13.4. The Hall–Kier alpha value is -2.53. The van der Waals surface area contributed by atoms with Gasteiger partial charge in [0, 0.05) is 28.0 Å². The summed E-state index contributed by atoms with van der Waals surface area (Å²) < 4.78 is 2.31. The van der Waals surface area contributed by atoms with E-state index in [1.165, 1.54) is 57.1 Å². The first-order valence-corrected chi connectivity index (χ1v) is 11.3. The van der Waals surface area contributed by atoms with Crippen LogP contribution in [-0.2, 0) is 19.4 Å². The van der Waals surface area contributed by atoms with Gasteiger partial charge in [-0.15, -0.1) is 11.3 Å². The predicted octanol–water partition coefficient (Wildman–Crippen LogP) is 6.14. The molecule has 0 spiro atoms. The molecule has 0 unspecified atom stereocenters. The van der Waals surface area contributed by atoms with Crippen LogP contribution < -0.4 is 5.32 Å². The predicted molar refractivity (Wildman–Crippen MR) is 119 cm³/mol. The number of benzene rings is 1. The smallest absolute Gasteiger partial charge is 0.312 e. The van der Waals surface area contributed by atoms with E-state index < -0.39 is 0 Å². The lowest BCUT2D eigenvalue weighted by atomic mass is 9.95. The SMILES string of the molecule is Cc1ccc(NC(=O)N2Cc3c(sc4c3CCCC4)-n3cccc3[C@@H]2C)cc1C. The number of anilines is 1. The number of aryl methyl sites for hydroxylation is 3. The molecule has 2 aliphatic rings. The van der Waals surface area contributed by atoms with Crippen molar-refractivity contribution in [3.05, 3.63) is 69.4 Å². The van der Waals surface area contributed by atoms with Gasteiger partial charge in [0.2, 0.25) is 0 Å². The van der Waals surface area contributed by atoms with Gasteiger partial charge < -0.3 is 14.8 Å². The van der Waals surface area contributed by atoms with Crippen LogP contribution in [0.5, 0.6) is 0 Å². The highest BCUT2D eigenvalue weighted by atomic mass is 32.1. The second-order valence-electron chi connectivity index (χ2n) is 8.33. The number of amides is 2. The first kappa shape index (κ1) is 18.5. The molecule has 4 nitrogen and oxygen atoms in total. The van der Waals surface area contributed by atoms with Crippen LogP contribution in [-0.4, -0.2) is 15.5 Å². The van der Waals surface area contributed by atoms with Gasteiger partial charge in [-0.3, -0.25) is 0 Å². The Morgan fingerprint density at radius 3 is 2.76 bits per heavy atom. The third-order valence-corrected chi connectivity index (χ3v) is 7.84. The maximum Gasteiger partial charge on any atom is 0.322 e. The summed E-state index contributed by atoms with van der Waals surface area (Å²) in [6.45, 7) is 6.97. The molecule has 0 radical (unpaired) electrons. The third kappa shape index (κ3) is 3.08. The normalized spacial score (nSPS) is 17.9. The zero-order valence-electron chi connectivity index (χ0n) is 17.3. The van der Waals surface area contributed by atoms with Gasteiger partial charge in [0.25, 0.3) is 0 Å². The molecule has 3 heterocycles. The van der Waals surface area contributed by atoms with Crippen molar-refractivity contribution in [1.82, 2.24) is 9.47 Å². The van der Waals surface area contributed by atoms with E-state index in [2.05, 4.69) is 61.1 Å². The summed E-state index contributed by atoms with van der Waals surface area (Å²) in [5.41, 5.74) is 7.30. The van der Waals surface area contributed by atoms with Gasteiger partial charge in [-0.2, -0.15) is 0 Å². The summed E-state index contributed by atoms with van der Waals surface area (Å²) >= 11 is 1.93. The van der Waals surface area contributed by atoms with Gasteiger partial charge in [-0.05, 0) is 87.4 Å². The van der Waals surface area contributed by atoms with Crippen molar-refractivity contribution in [2.45, 2.75) is 59.0 Å². The first-order chi connectivity index (χ1) is 14.0. The van der Waals surface area contributed by atoms with Crippen LogP contribution in [0.1, 0.15) is 58.6 Å². The highest BCUT2D eigenvalue weighted by molar-refractivity contribution is 7.15. The van der Waals surface area contributed by atoms with E-state index in [0.717, 1.165) is 12.1 Å². The number of carbonyl (C=O) groups excluding carboxylic acids is 1. The van der Waals surface area contributed by atoms with Crippen molar-refractivity contribution >= 4 is 23.1 Å². The number of nitrogens with one attached hydrogen (secondary N) is 1. The summed E-state index contributed by atoms with van der Waals surface area (Å²) in [4.78, 5) is 16.9. The van der Waals surface area contributed by atoms with E-state index in [9.17, 15) is 4.79 Å². The molecule has 0 fully saturated rings. The molecule has 2 aromatic heterocycles. The van der Waals surface area contributed by atoms with E-state index in [1.807, 2.05) is 22.3 Å². The van der Waals surface area contributed by atoms with Gasteiger partial charge in [-0.1, -0.05) is 6.07 Å². The summed E-state index contributed by atoms with van der Waals surface area (Å²) in [5, 5.41) is 4.46. The Kier molecular flexibility index (Phi) is 4.50. The van der Waals surface area contributed by atoms with Gasteiger partial charge in [0.1, 0.15) is 5.00 Å². The quantitative estimate of drug-likeness (QED) is 0.518. The van der Waals surface area contributed by atoms with Crippen LogP contribution in [0.2, 0.25) is 0 Å². The lowest BCUT2D eigenvalue weighted by molar-refractivity contribution is 0.189. The molecule has 1 aliphatic heterocycles. The van der Waals surface area contributed by atoms with E-state index in [0.29, 0.717) is 6.54 Å². The fraction of sp³-hybridized carbons (Fsp3) is 0.375. The number of hydrogen-bond donors (Lipinski definition) is 1. The number of carbonyl (C=O) groups is 1. The standard InChI is InChI=1S/C24H27N3OS/c1-15-10-11-18(13-16(15)2)25-24(28)27-14-20-19-7-4-5-9-22(19)29-23(20)26-12-6-8-21(26)17(27)3/h6,8,10-13,17H,4-5,7,9,14H2,1-3H3,(H,25,28)/t17-/m0/s1. The number of aromatic nitrogens is 1. The van der Waals surface area contributed by atoms with Crippen molar-refractivity contribution < 1.29 is 4.79 Å². The second-order valence-corrected chi connectivity index (χ2v) is 9.41. The molecule has 1 N–H and O–H groups in total. The summed E-state index contributed by atoms with van der Waals surface area (Å²) in [7, 11) is 0. The second kappa shape index (κ2) is 7.06. The molecule has 0 saturated carbocycles. The number of fused-ring (bicyclic) bond motifs is 5. The highest BCUT2D eigenvalue weighted by Gasteiger charge is 2.32. The minimum Gasteiger partial charge on any atom is -0.312 e. The monoisotopic (exact) mass is 405 g/mol. The number of thiophene rings is 1. The molecule has 29 heavy (non-hydrogen) atoms. The van der Waals surface area contributed by atoms with Gasteiger partial charge in [0.15, 0.2) is 0 Å². The molecular formula is C24H27N3OS. The molecule has 150 valence electrons. The Balaban J connectivity index is 1.53. The van der Waals surface area contributed by atoms with Crippen molar-refractivity contribution in [3.63, 3.8) is 0 Å². The largest absolute Gasteiger partial charge is 0.322 e. The Morgan fingerprint density at radius 2 is 1.93 bits per heavy atom. The summed E-state index contributed by atoms with van der Waals surface area (Å²) in [6.07, 6.45) is 6.99. The molecule has 5 heteroatoms. The fourth-order valence-electron chi connectivity index (χ4n) is 4.62. The first-order valence-electron chi connectivity index (χ1n) is 10.5. The average Bonchev–Trinajstić information content (AvgIpc) is 3.30. The molecule has 2 amide bonds. The van der Waals surface area contributed by atoms with E-state index in [1.54, 1.807) is 0 Å². The van der Waals surface area contributed by atoms with Crippen molar-refractivity contribution in [1.29, 1.82) is 0 Å². The molecule has 0 bridgehead atoms. The van der Waals surface area contributed by atoms with Crippen molar-refractivity contribution in [2.24, 2.45) is 0 Å². The molecule has 1 atom stereocenters. The van der Waals surface area contributed by atoms with Gasteiger partial charge in [0.05, 0.1) is 12.6 Å². The maximum absolute atomic E-state index is 13.4. The van der Waals surface area contributed by atoms with Crippen LogP contribution in [0.15, 0.2) is 36.5 Å². The number of nitrogens with zero attached hydrogens (tertiary/aromatic N) is 2. The highest BCUT2D eigenvalue weighted by Crippen LogP contribution is 2.42. The van der Waals surface area contributed by atoms with Crippen molar-refractivity contribution in [3.8, 4) is 5.00 Å². The summed E-state index contributed by atoms with van der Waals surface area (Å²) in [6, 6.07) is 10.3. The van der Waals surface area contributed by atoms with Crippen LogP contribution in [0.3, 0.4) is 0 Å². The molecule has 1 aliphatic carbocycles. The van der Waals surface area contributed by atoms with E-state index >= 15 is 0 Å². The minimum absolute atomic E-state index is 0.00962. The molecule has 3 aromatic rings. The molecule has 1 aromatic carbocycles. The lowest BCUT2D eigenvalue weighted by Crippen LogP contribution is -2.36. The van der Waals surface area contributed by atoms with E-state index in [-0.39, 0.29) is 12.1 Å². The number of rotatable bonds is 1. The Bertz CT molecular complexity index is 1090. The molecule has 0 saturated heterocycles. The van der Waals surface area contributed by atoms with E-state index in [4.69, 9.17) is 0 Å². The zero-order valence-corrected chi connectivity index (χ0v) is 18.1. The third-order valence-electron chi connectivity index (χ3n) is 6.50. The lowest BCUT2D eigenvalue weighted by Gasteiger charge is -2.28. The Morgan fingerprint density at radius 1 is 1.10 bits per heavy atom. The number of urea groups is 1. The van der Waals surface area contributed by atoms with Gasteiger partial charge >= 0.3 is 6.03 Å². The van der Waals surface area contributed by atoms with Crippen LogP contribution in [0, 0.1) is 13.8 Å². The fourth-order valence-corrected chi connectivity index (χ4v) is 6.03. The summed E-state index contributed by atoms with van der Waals surface area (Å²) in [5.74, 6) is 0. The minimum atomic E-state index is -0.0305. The van der Waals surface area contributed by atoms with Crippen LogP contribution in [0.25, 0.3) is 5.00 Å². The zero-order chi connectivity index (χ0) is 20.1. The topological polar surface area (TPSA) is 37.3 Å². The van der Waals surface area contributed by atoms with Crippen LogP contribution in [0.4, 0.5) is 10.5 Å². The molecular weight excluding hydrogens is 378 g/mol. The molecule has 5 rings (SSSR count). The van der Waals surface area contributed by atoms with Crippen LogP contribution >= 0.6 is 11.3 Å². The van der Waals surface area contributed by atoms with Crippen molar-refractivity contribution in [2.75, 3.05) is 5.32 Å². The average molecular weight is 406 g/mol. The van der Waals surface area contributed by atoms with Gasteiger partial charge in [-0.25, -0.2) is 4.79 Å². The Labute approximate surface area is 176 Å².